The average molecular weight is 252 g/mol. The van der Waals surface area contributed by atoms with Crippen molar-refractivity contribution in [3.63, 3.8) is 0 Å². The summed E-state index contributed by atoms with van der Waals surface area (Å²) in [6.45, 7) is 9.66. The van der Waals surface area contributed by atoms with Gasteiger partial charge in [-0.2, -0.15) is 0 Å². The van der Waals surface area contributed by atoms with Crippen molar-refractivity contribution in [2.75, 3.05) is 13.1 Å². The van der Waals surface area contributed by atoms with Gasteiger partial charge in [0.25, 0.3) is 0 Å². The molecule has 0 aromatic carbocycles. The van der Waals surface area contributed by atoms with Gasteiger partial charge >= 0.3 is 0 Å². The Balaban J connectivity index is 2.00. The Bertz CT molecular complexity index is 235. The van der Waals surface area contributed by atoms with E-state index in [1.54, 1.807) is 0 Å². The van der Waals surface area contributed by atoms with Gasteiger partial charge in [0.05, 0.1) is 0 Å². The first-order valence-corrected chi connectivity index (χ1v) is 8.21. The van der Waals surface area contributed by atoms with Crippen molar-refractivity contribution in [1.82, 2.24) is 10.2 Å². The minimum atomic E-state index is 0.710. The fourth-order valence-electron chi connectivity index (χ4n) is 3.70. The molecule has 0 amide bonds. The zero-order chi connectivity index (χ0) is 13.0. The van der Waals surface area contributed by atoms with Gasteiger partial charge in [-0.3, -0.25) is 4.90 Å². The van der Waals surface area contributed by atoms with Gasteiger partial charge in [0.15, 0.2) is 0 Å². The summed E-state index contributed by atoms with van der Waals surface area (Å²) in [5.74, 6) is 0.807. The van der Waals surface area contributed by atoms with Crippen LogP contribution in [0.5, 0.6) is 0 Å². The fraction of sp³-hybridized carbons (Fsp3) is 1.00. The van der Waals surface area contributed by atoms with Gasteiger partial charge in [-0.15, -0.1) is 0 Å². The van der Waals surface area contributed by atoms with E-state index in [1.807, 2.05) is 0 Å². The van der Waals surface area contributed by atoms with Crippen LogP contribution in [0.4, 0.5) is 0 Å². The first kappa shape index (κ1) is 14.3. The van der Waals surface area contributed by atoms with Crippen LogP contribution in [-0.2, 0) is 0 Å². The van der Waals surface area contributed by atoms with Crippen LogP contribution in [0.1, 0.15) is 65.7 Å². The molecule has 1 saturated carbocycles. The molecule has 0 aromatic heterocycles. The van der Waals surface area contributed by atoms with E-state index in [1.165, 1.54) is 58.0 Å². The minimum absolute atomic E-state index is 0.710. The molecule has 1 N–H and O–H groups in total. The van der Waals surface area contributed by atoms with Crippen LogP contribution < -0.4 is 5.32 Å². The lowest BCUT2D eigenvalue weighted by Gasteiger charge is -2.39. The Morgan fingerprint density at radius 1 is 1.17 bits per heavy atom. The molecule has 0 spiro atoms. The topological polar surface area (TPSA) is 15.3 Å². The Hall–Kier alpha value is -0.0800. The number of hydrogen-bond donors (Lipinski definition) is 1. The smallest absolute Gasteiger partial charge is 0.0220 e. The lowest BCUT2D eigenvalue weighted by molar-refractivity contribution is 0.102. The summed E-state index contributed by atoms with van der Waals surface area (Å²) >= 11 is 0. The second-order valence-electron chi connectivity index (χ2n) is 6.57. The summed E-state index contributed by atoms with van der Waals surface area (Å²) < 4.78 is 0. The molecule has 2 fully saturated rings. The standard InChI is InChI=1S/C16H32N2/c1-4-13(2)16-12-18(14(3)10-11-17-16)15-8-6-5-7-9-15/h13-17H,4-12H2,1-3H3. The predicted octanol–water partition coefficient (Wildman–Crippen LogP) is 3.42. The summed E-state index contributed by atoms with van der Waals surface area (Å²) in [5, 5.41) is 3.79. The Kier molecular flexibility index (Phi) is 5.50. The Morgan fingerprint density at radius 3 is 2.56 bits per heavy atom. The van der Waals surface area contributed by atoms with Crippen molar-refractivity contribution in [3.8, 4) is 0 Å². The van der Waals surface area contributed by atoms with E-state index in [-0.39, 0.29) is 0 Å². The monoisotopic (exact) mass is 252 g/mol. The van der Waals surface area contributed by atoms with E-state index in [2.05, 4.69) is 31.0 Å². The molecule has 2 nitrogen and oxygen atoms in total. The Morgan fingerprint density at radius 2 is 1.89 bits per heavy atom. The number of nitrogens with zero attached hydrogens (tertiary/aromatic N) is 1. The van der Waals surface area contributed by atoms with Crippen LogP contribution in [0.15, 0.2) is 0 Å². The summed E-state index contributed by atoms with van der Waals surface area (Å²) in [6.07, 6.45) is 9.87. The molecule has 3 atom stereocenters. The second-order valence-corrected chi connectivity index (χ2v) is 6.57. The van der Waals surface area contributed by atoms with E-state index >= 15 is 0 Å². The summed E-state index contributed by atoms with van der Waals surface area (Å²) in [5.41, 5.74) is 0. The highest BCUT2D eigenvalue weighted by atomic mass is 15.2. The largest absolute Gasteiger partial charge is 0.312 e. The second kappa shape index (κ2) is 6.91. The molecule has 2 aliphatic rings. The van der Waals surface area contributed by atoms with Gasteiger partial charge < -0.3 is 5.32 Å². The van der Waals surface area contributed by atoms with Crippen LogP contribution in [0, 0.1) is 5.92 Å². The van der Waals surface area contributed by atoms with Crippen molar-refractivity contribution in [2.45, 2.75) is 83.8 Å². The highest BCUT2D eigenvalue weighted by molar-refractivity contribution is 4.88. The maximum atomic E-state index is 3.79. The van der Waals surface area contributed by atoms with Crippen molar-refractivity contribution in [1.29, 1.82) is 0 Å². The van der Waals surface area contributed by atoms with Gasteiger partial charge in [-0.25, -0.2) is 0 Å². The van der Waals surface area contributed by atoms with Crippen molar-refractivity contribution in [3.05, 3.63) is 0 Å². The van der Waals surface area contributed by atoms with Gasteiger partial charge in [0.2, 0.25) is 0 Å². The summed E-state index contributed by atoms with van der Waals surface area (Å²) in [6, 6.07) is 2.36. The molecular formula is C16H32N2. The number of nitrogens with one attached hydrogen (secondary N) is 1. The van der Waals surface area contributed by atoms with E-state index in [0.717, 1.165) is 18.0 Å². The maximum Gasteiger partial charge on any atom is 0.0220 e. The van der Waals surface area contributed by atoms with E-state index in [9.17, 15) is 0 Å². The van der Waals surface area contributed by atoms with Crippen LogP contribution in [0.25, 0.3) is 0 Å². The highest BCUT2D eigenvalue weighted by Crippen LogP contribution is 2.27. The van der Waals surface area contributed by atoms with Gasteiger partial charge in [0, 0.05) is 24.7 Å². The van der Waals surface area contributed by atoms with Crippen LogP contribution in [-0.4, -0.2) is 36.1 Å². The van der Waals surface area contributed by atoms with Crippen molar-refractivity contribution >= 4 is 0 Å². The quantitative estimate of drug-likeness (QED) is 0.828. The molecule has 1 aliphatic carbocycles. The van der Waals surface area contributed by atoms with Crippen LogP contribution in [0.3, 0.4) is 0 Å². The first-order chi connectivity index (χ1) is 8.72. The number of rotatable bonds is 3. The van der Waals surface area contributed by atoms with E-state index < -0.39 is 0 Å². The molecule has 2 heteroatoms. The lowest BCUT2D eigenvalue weighted by Crippen LogP contribution is -2.48. The van der Waals surface area contributed by atoms with Gasteiger partial charge in [0.1, 0.15) is 0 Å². The molecule has 0 radical (unpaired) electrons. The molecule has 1 aliphatic heterocycles. The first-order valence-electron chi connectivity index (χ1n) is 8.21. The molecule has 2 rings (SSSR count). The van der Waals surface area contributed by atoms with Gasteiger partial charge in [-0.05, 0) is 38.6 Å². The SMILES string of the molecule is CCC(C)C1CN(C2CCCCC2)C(C)CCN1. The lowest BCUT2D eigenvalue weighted by atomic mass is 9.91. The van der Waals surface area contributed by atoms with Crippen molar-refractivity contribution in [2.24, 2.45) is 5.92 Å². The fourth-order valence-corrected chi connectivity index (χ4v) is 3.70. The van der Waals surface area contributed by atoms with Crippen LogP contribution in [0.2, 0.25) is 0 Å². The molecule has 1 saturated heterocycles. The van der Waals surface area contributed by atoms with Crippen molar-refractivity contribution < 1.29 is 0 Å². The summed E-state index contributed by atoms with van der Waals surface area (Å²) in [7, 11) is 0. The third-order valence-corrected chi connectivity index (χ3v) is 5.32. The van der Waals surface area contributed by atoms with E-state index in [4.69, 9.17) is 0 Å². The zero-order valence-electron chi connectivity index (χ0n) is 12.6. The molecule has 106 valence electrons. The average Bonchev–Trinajstić information content (AvgIpc) is 2.61. The molecule has 1 heterocycles. The summed E-state index contributed by atoms with van der Waals surface area (Å²) in [4.78, 5) is 2.84. The zero-order valence-corrected chi connectivity index (χ0v) is 12.6. The number of hydrogen-bond acceptors (Lipinski definition) is 2. The molecule has 3 unspecified atom stereocenters. The van der Waals surface area contributed by atoms with Crippen LogP contribution >= 0.6 is 0 Å². The molecular weight excluding hydrogens is 220 g/mol. The van der Waals surface area contributed by atoms with E-state index in [0.29, 0.717) is 6.04 Å². The molecule has 18 heavy (non-hydrogen) atoms. The third kappa shape index (κ3) is 3.48. The maximum absolute atomic E-state index is 3.79. The highest BCUT2D eigenvalue weighted by Gasteiger charge is 2.30. The predicted molar refractivity (Wildman–Crippen MR) is 78.9 cm³/mol. The normalized spacial score (nSPS) is 34.2. The minimum Gasteiger partial charge on any atom is -0.312 e. The van der Waals surface area contributed by atoms with Gasteiger partial charge in [-0.1, -0.05) is 39.5 Å². The molecule has 0 aromatic rings. The Labute approximate surface area is 114 Å². The third-order valence-electron chi connectivity index (χ3n) is 5.32. The molecule has 0 bridgehead atoms.